The average molecular weight is 474 g/mol. The fourth-order valence-electron chi connectivity index (χ4n) is 4.05. The highest BCUT2D eigenvalue weighted by Gasteiger charge is 2.38. The SMILES string of the molecule is COC1CN(C(=O)c2cc(C)ccc2C)CC1Oc1cccc(NS(=O)(=O)N(C)C2CC2)c1. The summed E-state index contributed by atoms with van der Waals surface area (Å²) in [4.78, 5) is 14.9. The van der Waals surface area contributed by atoms with Gasteiger partial charge in [-0.1, -0.05) is 23.8 Å². The number of hydrogen-bond acceptors (Lipinski definition) is 5. The Morgan fingerprint density at radius 1 is 1.09 bits per heavy atom. The molecule has 1 aliphatic carbocycles. The molecule has 33 heavy (non-hydrogen) atoms. The van der Waals surface area contributed by atoms with E-state index in [0.29, 0.717) is 30.1 Å². The van der Waals surface area contributed by atoms with Gasteiger partial charge in [-0.2, -0.15) is 12.7 Å². The van der Waals surface area contributed by atoms with Crippen LogP contribution in [0.1, 0.15) is 34.3 Å². The normalized spacial score (nSPS) is 20.8. The van der Waals surface area contributed by atoms with Crippen LogP contribution < -0.4 is 9.46 Å². The highest BCUT2D eigenvalue weighted by Crippen LogP contribution is 2.29. The number of rotatable bonds is 8. The van der Waals surface area contributed by atoms with E-state index in [2.05, 4.69) is 4.72 Å². The highest BCUT2D eigenvalue weighted by atomic mass is 32.2. The molecule has 1 aliphatic heterocycles. The third kappa shape index (κ3) is 5.31. The van der Waals surface area contributed by atoms with E-state index in [1.807, 2.05) is 32.0 Å². The Morgan fingerprint density at radius 3 is 2.52 bits per heavy atom. The molecule has 0 spiro atoms. The molecule has 1 saturated carbocycles. The molecule has 178 valence electrons. The maximum atomic E-state index is 13.1. The van der Waals surface area contributed by atoms with Gasteiger partial charge >= 0.3 is 10.2 Å². The molecule has 2 aromatic carbocycles. The van der Waals surface area contributed by atoms with Crippen molar-refractivity contribution < 1.29 is 22.7 Å². The average Bonchev–Trinajstić information content (AvgIpc) is 3.54. The van der Waals surface area contributed by atoms with Gasteiger partial charge in [0.05, 0.1) is 18.8 Å². The van der Waals surface area contributed by atoms with Crippen LogP contribution in [0.5, 0.6) is 5.75 Å². The topological polar surface area (TPSA) is 88.2 Å². The van der Waals surface area contributed by atoms with Crippen molar-refractivity contribution in [2.45, 2.75) is 44.9 Å². The van der Waals surface area contributed by atoms with E-state index < -0.39 is 10.2 Å². The van der Waals surface area contributed by atoms with Crippen LogP contribution in [-0.2, 0) is 14.9 Å². The molecule has 2 unspecified atom stereocenters. The Labute approximate surface area is 195 Å². The summed E-state index contributed by atoms with van der Waals surface area (Å²) in [6, 6.07) is 12.8. The van der Waals surface area contributed by atoms with Crippen molar-refractivity contribution in [1.82, 2.24) is 9.21 Å². The van der Waals surface area contributed by atoms with Crippen molar-refractivity contribution in [2.75, 3.05) is 32.0 Å². The Bertz CT molecular complexity index is 1130. The number of carbonyl (C=O) groups excluding carboxylic acids is 1. The van der Waals surface area contributed by atoms with Gasteiger partial charge in [0.2, 0.25) is 0 Å². The van der Waals surface area contributed by atoms with E-state index in [1.165, 1.54) is 4.31 Å². The number of nitrogens with one attached hydrogen (secondary N) is 1. The lowest BCUT2D eigenvalue weighted by atomic mass is 10.0. The van der Waals surface area contributed by atoms with Crippen LogP contribution in [-0.4, -0.2) is 69.0 Å². The van der Waals surface area contributed by atoms with Gasteiger partial charge in [0.1, 0.15) is 18.0 Å². The molecule has 1 heterocycles. The summed E-state index contributed by atoms with van der Waals surface area (Å²) in [5.41, 5.74) is 3.07. The Kier molecular flexibility index (Phi) is 6.65. The van der Waals surface area contributed by atoms with E-state index >= 15 is 0 Å². The standard InChI is InChI=1S/C24H31N3O5S/c1-16-8-9-17(2)21(12-16)24(28)27-14-22(31-4)23(15-27)32-20-7-5-6-18(13-20)25-33(29,30)26(3)19-10-11-19/h5-9,12-13,19,22-23,25H,10-11,14-15H2,1-4H3. The Balaban J connectivity index is 1.45. The summed E-state index contributed by atoms with van der Waals surface area (Å²) in [5, 5.41) is 0. The molecule has 0 radical (unpaired) electrons. The molecule has 0 bridgehead atoms. The summed E-state index contributed by atoms with van der Waals surface area (Å²) in [5.74, 6) is 0.464. The first kappa shape index (κ1) is 23.5. The monoisotopic (exact) mass is 473 g/mol. The molecule has 2 aliphatic rings. The van der Waals surface area contributed by atoms with Gasteiger partial charge in [0.25, 0.3) is 5.91 Å². The molecular weight excluding hydrogens is 442 g/mol. The van der Waals surface area contributed by atoms with Crippen molar-refractivity contribution in [1.29, 1.82) is 0 Å². The van der Waals surface area contributed by atoms with Gasteiger partial charge in [-0.25, -0.2) is 0 Å². The number of carbonyl (C=O) groups is 1. The molecule has 2 aromatic rings. The number of ether oxygens (including phenoxy) is 2. The van der Waals surface area contributed by atoms with Crippen LogP contribution in [0.15, 0.2) is 42.5 Å². The molecule has 4 rings (SSSR count). The first-order chi connectivity index (χ1) is 15.7. The maximum Gasteiger partial charge on any atom is 0.301 e. The molecule has 8 nitrogen and oxygen atoms in total. The highest BCUT2D eigenvalue weighted by molar-refractivity contribution is 7.90. The van der Waals surface area contributed by atoms with Gasteiger partial charge in [0, 0.05) is 31.8 Å². The summed E-state index contributed by atoms with van der Waals surface area (Å²) in [6.07, 6.45) is 1.11. The Hall–Kier alpha value is -2.62. The van der Waals surface area contributed by atoms with E-state index in [9.17, 15) is 13.2 Å². The van der Waals surface area contributed by atoms with Crippen LogP contribution in [0.25, 0.3) is 0 Å². The van der Waals surface area contributed by atoms with E-state index in [0.717, 1.165) is 24.0 Å². The number of aryl methyl sites for hydroxylation is 2. The molecule has 2 fully saturated rings. The van der Waals surface area contributed by atoms with Crippen molar-refractivity contribution in [3.05, 3.63) is 59.2 Å². The molecule has 9 heteroatoms. The minimum atomic E-state index is -3.62. The molecule has 1 saturated heterocycles. The van der Waals surface area contributed by atoms with Crippen molar-refractivity contribution in [3.8, 4) is 5.75 Å². The van der Waals surface area contributed by atoms with Crippen LogP contribution in [0.2, 0.25) is 0 Å². The van der Waals surface area contributed by atoms with Crippen molar-refractivity contribution >= 4 is 21.8 Å². The minimum Gasteiger partial charge on any atom is -0.486 e. The number of nitrogens with zero attached hydrogens (tertiary/aromatic N) is 2. The zero-order chi connectivity index (χ0) is 23.8. The van der Waals surface area contributed by atoms with Gasteiger partial charge in [-0.3, -0.25) is 9.52 Å². The summed E-state index contributed by atoms with van der Waals surface area (Å²) in [6.45, 7) is 4.70. The minimum absolute atomic E-state index is 0.0472. The second-order valence-electron chi connectivity index (χ2n) is 8.84. The summed E-state index contributed by atoms with van der Waals surface area (Å²) >= 11 is 0. The van der Waals surface area contributed by atoms with E-state index in [1.54, 1.807) is 43.3 Å². The smallest absolute Gasteiger partial charge is 0.301 e. The lowest BCUT2D eigenvalue weighted by Gasteiger charge is -2.20. The lowest BCUT2D eigenvalue weighted by Crippen LogP contribution is -2.34. The van der Waals surface area contributed by atoms with Crippen LogP contribution in [0.3, 0.4) is 0 Å². The van der Waals surface area contributed by atoms with Gasteiger partial charge < -0.3 is 14.4 Å². The van der Waals surface area contributed by atoms with Gasteiger partial charge in [0.15, 0.2) is 0 Å². The van der Waals surface area contributed by atoms with Gasteiger partial charge in [-0.05, 0) is 50.5 Å². The second kappa shape index (κ2) is 9.32. The largest absolute Gasteiger partial charge is 0.486 e. The summed E-state index contributed by atoms with van der Waals surface area (Å²) in [7, 11) is -0.428. The third-order valence-corrected chi connectivity index (χ3v) is 7.79. The van der Waals surface area contributed by atoms with Crippen molar-refractivity contribution in [3.63, 3.8) is 0 Å². The molecule has 1 amide bonds. The second-order valence-corrected chi connectivity index (χ2v) is 10.6. The van der Waals surface area contributed by atoms with Crippen LogP contribution in [0, 0.1) is 13.8 Å². The number of anilines is 1. The lowest BCUT2D eigenvalue weighted by molar-refractivity contribution is 0.0340. The summed E-state index contributed by atoms with van der Waals surface area (Å²) < 4.78 is 40.8. The quantitative estimate of drug-likeness (QED) is 0.637. The fraction of sp³-hybridized carbons (Fsp3) is 0.458. The zero-order valence-corrected chi connectivity index (χ0v) is 20.3. The third-order valence-electron chi connectivity index (χ3n) is 6.24. The molecule has 2 atom stereocenters. The van der Waals surface area contributed by atoms with E-state index in [4.69, 9.17) is 9.47 Å². The Morgan fingerprint density at radius 2 is 1.82 bits per heavy atom. The number of likely N-dealkylation sites (tertiary alicyclic amines) is 1. The van der Waals surface area contributed by atoms with Crippen molar-refractivity contribution in [2.24, 2.45) is 0 Å². The fourth-order valence-corrected chi connectivity index (χ4v) is 5.22. The number of benzene rings is 2. The number of amides is 1. The number of hydrogen-bond donors (Lipinski definition) is 1. The maximum absolute atomic E-state index is 13.1. The zero-order valence-electron chi connectivity index (χ0n) is 19.4. The predicted octanol–water partition coefficient (Wildman–Crippen LogP) is 2.97. The first-order valence-electron chi connectivity index (χ1n) is 11.1. The molecular formula is C24H31N3O5S. The first-order valence-corrected chi connectivity index (χ1v) is 12.5. The van der Waals surface area contributed by atoms with Crippen LogP contribution >= 0.6 is 0 Å². The molecule has 1 N–H and O–H groups in total. The molecule has 0 aromatic heterocycles. The predicted molar refractivity (Wildman–Crippen MR) is 127 cm³/mol. The van der Waals surface area contributed by atoms with E-state index in [-0.39, 0.29) is 24.2 Å². The number of methoxy groups -OCH3 is 1. The van der Waals surface area contributed by atoms with Crippen LogP contribution in [0.4, 0.5) is 5.69 Å². The van der Waals surface area contributed by atoms with Gasteiger partial charge in [-0.15, -0.1) is 0 Å².